The molecule has 0 spiro atoms. The number of rotatable bonds is 5. The summed E-state index contributed by atoms with van der Waals surface area (Å²) in [4.78, 5) is 15.1. The Kier molecular flexibility index (Phi) is 4.98. The molecule has 0 fully saturated rings. The highest BCUT2D eigenvalue weighted by Gasteiger charge is 2.35. The van der Waals surface area contributed by atoms with Crippen molar-refractivity contribution < 1.29 is 17.9 Å². The maximum absolute atomic E-state index is 13.5. The first-order chi connectivity index (χ1) is 14.3. The van der Waals surface area contributed by atoms with Gasteiger partial charge in [0.15, 0.2) is 14.9 Å². The van der Waals surface area contributed by atoms with Crippen molar-refractivity contribution in [1.82, 2.24) is 9.78 Å². The van der Waals surface area contributed by atoms with E-state index in [-0.39, 0.29) is 16.6 Å². The van der Waals surface area contributed by atoms with Crippen LogP contribution >= 0.6 is 0 Å². The fourth-order valence-electron chi connectivity index (χ4n) is 3.59. The van der Waals surface area contributed by atoms with Gasteiger partial charge in [0.1, 0.15) is 11.4 Å². The minimum Gasteiger partial charge on any atom is -0.497 e. The number of carbonyl (C=O) groups excluding carboxylic acids is 1. The molecule has 0 aliphatic carbocycles. The van der Waals surface area contributed by atoms with Gasteiger partial charge in [-0.15, -0.1) is 0 Å². The number of sulfone groups is 1. The number of methoxy groups -OCH3 is 1. The summed E-state index contributed by atoms with van der Waals surface area (Å²) in [5.41, 5.74) is 2.99. The second-order valence-electron chi connectivity index (χ2n) is 7.02. The Labute approximate surface area is 175 Å². The van der Waals surface area contributed by atoms with Gasteiger partial charge in [-0.2, -0.15) is 5.10 Å². The normalized spacial score (nSPS) is 13.8. The van der Waals surface area contributed by atoms with Crippen molar-refractivity contribution in [1.29, 1.82) is 0 Å². The first-order valence-corrected chi connectivity index (χ1v) is 11.3. The van der Waals surface area contributed by atoms with Crippen LogP contribution in [0.25, 0.3) is 5.69 Å². The van der Waals surface area contributed by atoms with Crippen LogP contribution in [0.2, 0.25) is 0 Å². The number of ether oxygens (including phenoxy) is 1. The van der Waals surface area contributed by atoms with Gasteiger partial charge in [-0.25, -0.2) is 13.1 Å². The third-order valence-corrected chi connectivity index (χ3v) is 6.15. The molecule has 0 saturated heterocycles. The minimum absolute atomic E-state index is 0.0492. The maximum Gasteiger partial charge on any atom is 0.277 e. The lowest BCUT2D eigenvalue weighted by molar-refractivity contribution is 0.0973. The monoisotopic (exact) mass is 426 g/mol. The van der Waals surface area contributed by atoms with E-state index in [2.05, 4.69) is 10.4 Å². The van der Waals surface area contributed by atoms with Gasteiger partial charge in [0, 0.05) is 36.8 Å². The van der Waals surface area contributed by atoms with E-state index in [4.69, 9.17) is 4.74 Å². The van der Waals surface area contributed by atoms with Gasteiger partial charge < -0.3 is 15.0 Å². The summed E-state index contributed by atoms with van der Waals surface area (Å²) in [6, 6.07) is 14.5. The van der Waals surface area contributed by atoms with Crippen molar-refractivity contribution in [2.45, 2.75) is 11.4 Å². The Morgan fingerprint density at radius 3 is 2.23 bits per heavy atom. The summed E-state index contributed by atoms with van der Waals surface area (Å²) in [6.07, 6.45) is 1.51. The minimum atomic E-state index is -3.59. The fourth-order valence-corrected chi connectivity index (χ4v) is 4.47. The molecule has 3 aromatic rings. The first-order valence-electron chi connectivity index (χ1n) is 9.39. The Morgan fingerprint density at radius 1 is 1.03 bits per heavy atom. The van der Waals surface area contributed by atoms with Crippen LogP contribution in [-0.4, -0.2) is 51.1 Å². The molecule has 0 atom stereocenters. The van der Waals surface area contributed by atoms with Crippen LogP contribution in [-0.2, 0) is 16.3 Å². The number of hydrogen-bond donors (Lipinski definition) is 1. The number of aromatic nitrogens is 2. The molecule has 9 heteroatoms. The van der Waals surface area contributed by atoms with Gasteiger partial charge in [0.2, 0.25) is 0 Å². The molecular formula is C21H22N4O4S. The summed E-state index contributed by atoms with van der Waals surface area (Å²) in [7, 11) is -0.205. The lowest BCUT2D eigenvalue weighted by atomic mass is 10.1. The average Bonchev–Trinajstić information content (AvgIpc) is 3.15. The third-order valence-electron chi connectivity index (χ3n) is 5.12. The second kappa shape index (κ2) is 7.49. The number of nitrogens with zero attached hydrogens (tertiary/aromatic N) is 3. The molecule has 8 nitrogen and oxygen atoms in total. The van der Waals surface area contributed by atoms with Gasteiger partial charge in [0.05, 0.1) is 12.8 Å². The van der Waals surface area contributed by atoms with Crippen molar-refractivity contribution in [3.8, 4) is 11.4 Å². The van der Waals surface area contributed by atoms with E-state index in [1.807, 2.05) is 31.3 Å². The van der Waals surface area contributed by atoms with E-state index in [9.17, 15) is 13.2 Å². The molecule has 1 aliphatic rings. The zero-order chi connectivity index (χ0) is 21.5. The number of benzene rings is 2. The zero-order valence-electron chi connectivity index (χ0n) is 16.9. The number of amides is 1. The van der Waals surface area contributed by atoms with Crippen molar-refractivity contribution in [2.24, 2.45) is 0 Å². The fraction of sp³-hybridized carbons (Fsp3) is 0.238. The van der Waals surface area contributed by atoms with E-state index in [1.54, 1.807) is 36.3 Å². The van der Waals surface area contributed by atoms with Crippen molar-refractivity contribution >= 4 is 27.1 Å². The van der Waals surface area contributed by atoms with Crippen LogP contribution in [0.15, 0.2) is 53.6 Å². The van der Waals surface area contributed by atoms with Crippen molar-refractivity contribution in [2.75, 3.05) is 37.2 Å². The van der Waals surface area contributed by atoms with Crippen LogP contribution in [0.1, 0.15) is 16.1 Å². The summed E-state index contributed by atoms with van der Waals surface area (Å²) < 4.78 is 31.3. The third kappa shape index (κ3) is 3.41. The summed E-state index contributed by atoms with van der Waals surface area (Å²) in [5, 5.41) is 7.33. The molecule has 0 bridgehead atoms. The van der Waals surface area contributed by atoms with Crippen LogP contribution in [0.4, 0.5) is 11.4 Å². The molecule has 1 aromatic heterocycles. The predicted molar refractivity (Wildman–Crippen MR) is 115 cm³/mol. The maximum atomic E-state index is 13.5. The molecular weight excluding hydrogens is 404 g/mol. The molecule has 4 rings (SSSR count). The Hall–Kier alpha value is -3.33. The molecule has 2 aromatic carbocycles. The lowest BCUT2D eigenvalue weighted by Gasteiger charge is -2.28. The van der Waals surface area contributed by atoms with Gasteiger partial charge >= 0.3 is 0 Å². The first kappa shape index (κ1) is 20.0. The van der Waals surface area contributed by atoms with E-state index in [1.165, 1.54) is 4.68 Å². The number of nitrogens with one attached hydrogen (secondary N) is 1. The molecule has 0 unspecified atom stereocenters. The highest BCUT2D eigenvalue weighted by atomic mass is 32.2. The smallest absolute Gasteiger partial charge is 0.277 e. The predicted octanol–water partition coefficient (Wildman–Crippen LogP) is 2.53. The van der Waals surface area contributed by atoms with Crippen molar-refractivity contribution in [3.63, 3.8) is 0 Å². The van der Waals surface area contributed by atoms with Crippen LogP contribution < -0.4 is 15.0 Å². The van der Waals surface area contributed by atoms with Crippen molar-refractivity contribution in [3.05, 3.63) is 59.8 Å². The summed E-state index contributed by atoms with van der Waals surface area (Å²) in [5.74, 6) is 0.368. The number of carbonyl (C=O) groups is 1. The van der Waals surface area contributed by atoms with Crippen LogP contribution in [0.5, 0.6) is 5.75 Å². The largest absolute Gasteiger partial charge is 0.497 e. The number of hydrogen-bond acceptors (Lipinski definition) is 6. The molecule has 156 valence electrons. The van der Waals surface area contributed by atoms with Gasteiger partial charge in [-0.3, -0.25) is 4.79 Å². The van der Waals surface area contributed by atoms with Crippen LogP contribution in [0.3, 0.4) is 0 Å². The van der Waals surface area contributed by atoms with E-state index >= 15 is 0 Å². The van der Waals surface area contributed by atoms with Gasteiger partial charge in [-0.05, 0) is 55.0 Å². The lowest BCUT2D eigenvalue weighted by Crippen LogP contribution is -2.38. The molecule has 0 saturated carbocycles. The number of fused-ring (bicyclic) bond motifs is 1. The molecule has 1 N–H and O–H groups in total. The highest BCUT2D eigenvalue weighted by Crippen LogP contribution is 2.31. The quantitative estimate of drug-likeness (QED) is 0.674. The van der Waals surface area contributed by atoms with E-state index in [0.29, 0.717) is 30.0 Å². The van der Waals surface area contributed by atoms with Gasteiger partial charge in [-0.1, -0.05) is 0 Å². The molecule has 0 radical (unpaired) electrons. The Balaban J connectivity index is 1.84. The Morgan fingerprint density at radius 2 is 1.67 bits per heavy atom. The van der Waals surface area contributed by atoms with E-state index < -0.39 is 9.84 Å². The molecule has 30 heavy (non-hydrogen) atoms. The topological polar surface area (TPSA) is 93.5 Å². The Bertz CT molecular complexity index is 1200. The SMILES string of the molecule is CNc1ccc(N2CCc3c(S(C)(=O)=O)nn(-c4ccc(OC)cc4)c3C2=O)cc1. The van der Waals surface area contributed by atoms with Gasteiger partial charge in [0.25, 0.3) is 5.91 Å². The highest BCUT2D eigenvalue weighted by molar-refractivity contribution is 7.90. The molecule has 1 aliphatic heterocycles. The summed E-state index contributed by atoms with van der Waals surface area (Å²) >= 11 is 0. The van der Waals surface area contributed by atoms with Crippen LogP contribution in [0, 0.1) is 0 Å². The zero-order valence-corrected chi connectivity index (χ0v) is 17.7. The van der Waals surface area contributed by atoms with E-state index in [0.717, 1.165) is 17.6 Å². The molecule has 2 heterocycles. The summed E-state index contributed by atoms with van der Waals surface area (Å²) in [6.45, 7) is 0.377. The standard InChI is InChI=1S/C21H22N4O4S/c1-22-14-4-6-15(7-5-14)24-13-12-18-19(21(24)26)25(23-20(18)30(3,27)28)16-8-10-17(29-2)11-9-16/h4-11,22H,12-13H2,1-3H3. The second-order valence-corrected chi connectivity index (χ2v) is 8.95. The average molecular weight is 426 g/mol. The number of anilines is 2. The molecule has 1 amide bonds.